The molecule has 14 heavy (non-hydrogen) atoms. The zero-order chi connectivity index (χ0) is 10.1. The van der Waals surface area contributed by atoms with Gasteiger partial charge in [-0.15, -0.1) is 0 Å². The van der Waals surface area contributed by atoms with E-state index in [1.54, 1.807) is 0 Å². The average molecular weight is 190 g/mol. The second kappa shape index (κ2) is 3.52. The summed E-state index contributed by atoms with van der Waals surface area (Å²) < 4.78 is 0. The zero-order valence-electron chi connectivity index (χ0n) is 8.96. The number of nitrogens with zero attached hydrogens (tertiary/aromatic N) is 1. The van der Waals surface area contributed by atoms with Crippen molar-refractivity contribution >= 4 is 11.4 Å². The standard InChI is InChI=1S/C12H18N2/c1-9-5-3-7-11(13)12(9)14-8-4-6-10(14)2/h3,5,7,10H,4,6,8,13H2,1-2H3. The predicted octanol–water partition coefficient (Wildman–Crippen LogP) is 2.57. The SMILES string of the molecule is Cc1cccc(N)c1N1CCCC1C. The number of aryl methyl sites for hydroxylation is 1. The first kappa shape index (κ1) is 9.38. The fourth-order valence-electron chi connectivity index (χ4n) is 2.34. The topological polar surface area (TPSA) is 29.3 Å². The minimum atomic E-state index is 0.637. The van der Waals surface area contributed by atoms with Crippen LogP contribution in [0.1, 0.15) is 25.3 Å². The minimum absolute atomic E-state index is 0.637. The largest absolute Gasteiger partial charge is 0.397 e. The lowest BCUT2D eigenvalue weighted by Gasteiger charge is -2.27. The summed E-state index contributed by atoms with van der Waals surface area (Å²) in [5, 5.41) is 0. The summed E-state index contributed by atoms with van der Waals surface area (Å²) in [4.78, 5) is 2.44. The van der Waals surface area contributed by atoms with Crippen LogP contribution in [0.3, 0.4) is 0 Å². The molecule has 2 rings (SSSR count). The Labute approximate surface area is 85.7 Å². The Morgan fingerprint density at radius 3 is 2.79 bits per heavy atom. The molecule has 0 aliphatic carbocycles. The van der Waals surface area contributed by atoms with Crippen LogP contribution in [0.4, 0.5) is 11.4 Å². The molecule has 2 N–H and O–H groups in total. The number of nitrogen functional groups attached to an aromatic ring is 1. The van der Waals surface area contributed by atoms with Gasteiger partial charge >= 0.3 is 0 Å². The molecule has 1 unspecified atom stereocenters. The highest BCUT2D eigenvalue weighted by atomic mass is 15.2. The molecule has 2 heteroatoms. The molecule has 1 aromatic carbocycles. The fourth-order valence-corrected chi connectivity index (χ4v) is 2.34. The van der Waals surface area contributed by atoms with Crippen LogP contribution in [0.2, 0.25) is 0 Å². The first-order chi connectivity index (χ1) is 6.70. The molecule has 0 amide bonds. The van der Waals surface area contributed by atoms with Gasteiger partial charge in [-0.2, -0.15) is 0 Å². The molecule has 1 aliphatic rings. The first-order valence-electron chi connectivity index (χ1n) is 5.32. The molecule has 1 aliphatic heterocycles. The number of rotatable bonds is 1. The molecule has 1 atom stereocenters. The number of nitrogens with two attached hydrogens (primary N) is 1. The van der Waals surface area contributed by atoms with E-state index < -0.39 is 0 Å². The van der Waals surface area contributed by atoms with Gasteiger partial charge in [0.25, 0.3) is 0 Å². The van der Waals surface area contributed by atoms with Crippen LogP contribution in [0.25, 0.3) is 0 Å². The van der Waals surface area contributed by atoms with Crippen molar-refractivity contribution < 1.29 is 0 Å². The van der Waals surface area contributed by atoms with Crippen LogP contribution >= 0.6 is 0 Å². The van der Waals surface area contributed by atoms with Crippen LogP contribution < -0.4 is 10.6 Å². The Kier molecular flexibility index (Phi) is 2.36. The van der Waals surface area contributed by atoms with Gasteiger partial charge < -0.3 is 10.6 Å². The number of anilines is 2. The molecule has 0 saturated carbocycles. The van der Waals surface area contributed by atoms with E-state index in [1.807, 2.05) is 12.1 Å². The van der Waals surface area contributed by atoms with E-state index in [0.717, 1.165) is 12.2 Å². The van der Waals surface area contributed by atoms with Crippen molar-refractivity contribution in [3.8, 4) is 0 Å². The molecular formula is C12H18N2. The third-order valence-corrected chi connectivity index (χ3v) is 3.11. The predicted molar refractivity (Wildman–Crippen MR) is 61.6 cm³/mol. The summed E-state index contributed by atoms with van der Waals surface area (Å²) in [6.45, 7) is 5.56. The fraction of sp³-hybridized carbons (Fsp3) is 0.500. The maximum absolute atomic E-state index is 6.02. The lowest BCUT2D eigenvalue weighted by molar-refractivity contribution is 0.734. The monoisotopic (exact) mass is 190 g/mol. The Balaban J connectivity index is 2.39. The molecule has 2 nitrogen and oxygen atoms in total. The number of hydrogen-bond acceptors (Lipinski definition) is 2. The second-order valence-electron chi connectivity index (χ2n) is 4.20. The quantitative estimate of drug-likeness (QED) is 0.690. The summed E-state index contributed by atoms with van der Waals surface area (Å²) in [5.41, 5.74) is 9.48. The summed E-state index contributed by atoms with van der Waals surface area (Å²) >= 11 is 0. The molecule has 1 aromatic rings. The van der Waals surface area contributed by atoms with Crippen LogP contribution in [0.15, 0.2) is 18.2 Å². The minimum Gasteiger partial charge on any atom is -0.397 e. The molecule has 0 spiro atoms. The average Bonchev–Trinajstić information content (AvgIpc) is 2.52. The molecular weight excluding hydrogens is 172 g/mol. The van der Waals surface area contributed by atoms with Crippen molar-refractivity contribution in [2.75, 3.05) is 17.2 Å². The maximum atomic E-state index is 6.02. The van der Waals surface area contributed by atoms with Crippen molar-refractivity contribution in [3.63, 3.8) is 0 Å². The van der Waals surface area contributed by atoms with Crippen LogP contribution in [-0.2, 0) is 0 Å². The molecule has 0 radical (unpaired) electrons. The highest BCUT2D eigenvalue weighted by Crippen LogP contribution is 2.32. The van der Waals surface area contributed by atoms with Crippen molar-refractivity contribution in [2.45, 2.75) is 32.7 Å². The van der Waals surface area contributed by atoms with Crippen LogP contribution in [0, 0.1) is 6.92 Å². The smallest absolute Gasteiger partial charge is 0.0632 e. The molecule has 1 saturated heterocycles. The van der Waals surface area contributed by atoms with Crippen molar-refractivity contribution in [1.82, 2.24) is 0 Å². The van der Waals surface area contributed by atoms with Gasteiger partial charge in [0, 0.05) is 12.6 Å². The highest BCUT2D eigenvalue weighted by Gasteiger charge is 2.22. The normalized spacial score (nSPS) is 21.6. The number of hydrogen-bond donors (Lipinski definition) is 1. The van der Waals surface area contributed by atoms with E-state index in [9.17, 15) is 0 Å². The van der Waals surface area contributed by atoms with Gasteiger partial charge in [-0.25, -0.2) is 0 Å². The Morgan fingerprint density at radius 2 is 2.21 bits per heavy atom. The number of para-hydroxylation sites is 1. The van der Waals surface area contributed by atoms with E-state index in [0.29, 0.717) is 6.04 Å². The molecule has 0 aromatic heterocycles. The third-order valence-electron chi connectivity index (χ3n) is 3.11. The van der Waals surface area contributed by atoms with E-state index in [-0.39, 0.29) is 0 Å². The van der Waals surface area contributed by atoms with Crippen LogP contribution in [0.5, 0.6) is 0 Å². The van der Waals surface area contributed by atoms with Gasteiger partial charge in [-0.05, 0) is 38.3 Å². The van der Waals surface area contributed by atoms with E-state index in [4.69, 9.17) is 5.73 Å². The molecule has 0 bridgehead atoms. The van der Waals surface area contributed by atoms with Crippen LogP contribution in [-0.4, -0.2) is 12.6 Å². The van der Waals surface area contributed by atoms with Crippen molar-refractivity contribution in [1.29, 1.82) is 0 Å². The summed E-state index contributed by atoms with van der Waals surface area (Å²) in [6.07, 6.45) is 2.57. The molecule has 1 heterocycles. The third kappa shape index (κ3) is 1.45. The van der Waals surface area contributed by atoms with Crippen molar-refractivity contribution in [3.05, 3.63) is 23.8 Å². The summed E-state index contributed by atoms with van der Waals surface area (Å²) in [6, 6.07) is 6.79. The Bertz CT molecular complexity index is 313. The van der Waals surface area contributed by atoms with Gasteiger partial charge in [-0.3, -0.25) is 0 Å². The lowest BCUT2D eigenvalue weighted by atomic mass is 10.1. The van der Waals surface area contributed by atoms with Gasteiger partial charge in [0.2, 0.25) is 0 Å². The van der Waals surface area contributed by atoms with Crippen molar-refractivity contribution in [2.24, 2.45) is 0 Å². The highest BCUT2D eigenvalue weighted by molar-refractivity contribution is 5.72. The Morgan fingerprint density at radius 1 is 1.43 bits per heavy atom. The van der Waals surface area contributed by atoms with Gasteiger partial charge in [0.05, 0.1) is 11.4 Å². The summed E-state index contributed by atoms with van der Waals surface area (Å²) in [7, 11) is 0. The van der Waals surface area contributed by atoms with Gasteiger partial charge in [0.15, 0.2) is 0 Å². The molecule has 76 valence electrons. The van der Waals surface area contributed by atoms with Gasteiger partial charge in [0.1, 0.15) is 0 Å². The van der Waals surface area contributed by atoms with E-state index >= 15 is 0 Å². The maximum Gasteiger partial charge on any atom is 0.0632 e. The van der Waals surface area contributed by atoms with E-state index in [2.05, 4.69) is 24.8 Å². The van der Waals surface area contributed by atoms with Gasteiger partial charge in [-0.1, -0.05) is 12.1 Å². The summed E-state index contributed by atoms with van der Waals surface area (Å²) in [5.74, 6) is 0. The van der Waals surface area contributed by atoms with E-state index in [1.165, 1.54) is 24.1 Å². The zero-order valence-corrected chi connectivity index (χ0v) is 8.96. The first-order valence-corrected chi connectivity index (χ1v) is 5.32. The molecule has 1 fully saturated rings. The Hall–Kier alpha value is -1.18. The second-order valence-corrected chi connectivity index (χ2v) is 4.20. The lowest BCUT2D eigenvalue weighted by Crippen LogP contribution is -2.27. The number of benzene rings is 1.